The molecule has 2 heterocycles. The molecule has 0 saturated carbocycles. The smallest absolute Gasteiger partial charge is 0.170 e. The second-order valence-corrected chi connectivity index (χ2v) is 5.65. The maximum Gasteiger partial charge on any atom is 0.170 e. The Kier molecular flexibility index (Phi) is 3.43. The number of benzene rings is 2. The van der Waals surface area contributed by atoms with E-state index >= 15 is 0 Å². The minimum atomic E-state index is 0.390. The fraction of sp³-hybridized carbons (Fsp3) is 0.0500. The number of aromatic nitrogens is 3. The van der Waals surface area contributed by atoms with E-state index in [0.29, 0.717) is 5.69 Å². The number of rotatable bonds is 3. The molecule has 2 aromatic carbocycles. The molecule has 0 unspecified atom stereocenters. The summed E-state index contributed by atoms with van der Waals surface area (Å²) in [5, 5.41) is 4.24. The first-order chi connectivity index (χ1) is 11.8. The topological polar surface area (TPSA) is 47.3 Å². The minimum Gasteiger partial charge on any atom is -0.296 e. The monoisotopic (exact) mass is 313 g/mol. The van der Waals surface area contributed by atoms with Gasteiger partial charge in [0.1, 0.15) is 5.69 Å². The fourth-order valence-corrected chi connectivity index (χ4v) is 2.93. The first kappa shape index (κ1) is 14.3. The second-order valence-electron chi connectivity index (χ2n) is 5.65. The van der Waals surface area contributed by atoms with Crippen molar-refractivity contribution in [1.82, 2.24) is 14.6 Å². The molecule has 116 valence electrons. The number of imidazole rings is 1. The Morgan fingerprint density at radius 1 is 0.917 bits per heavy atom. The first-order valence-corrected chi connectivity index (χ1v) is 7.73. The third kappa shape index (κ3) is 2.38. The molecule has 0 bridgehead atoms. The summed E-state index contributed by atoms with van der Waals surface area (Å²) in [6.45, 7) is 2.10. The minimum absolute atomic E-state index is 0.390. The van der Waals surface area contributed by atoms with Crippen LogP contribution in [0.3, 0.4) is 0 Å². The highest BCUT2D eigenvalue weighted by atomic mass is 16.1. The van der Waals surface area contributed by atoms with Crippen molar-refractivity contribution < 1.29 is 4.79 Å². The molecular weight excluding hydrogens is 298 g/mol. The van der Waals surface area contributed by atoms with Crippen molar-refractivity contribution in [2.45, 2.75) is 6.92 Å². The number of hydrogen-bond donors (Lipinski definition) is 0. The lowest BCUT2D eigenvalue weighted by Gasteiger charge is -2.09. The number of nitrogens with zero attached hydrogens (tertiary/aromatic N) is 3. The predicted molar refractivity (Wildman–Crippen MR) is 94.0 cm³/mol. The van der Waals surface area contributed by atoms with Gasteiger partial charge in [0, 0.05) is 5.56 Å². The number of hydrogen-bond acceptors (Lipinski definition) is 3. The summed E-state index contributed by atoms with van der Waals surface area (Å²) in [4.78, 5) is 15.5. The van der Waals surface area contributed by atoms with Gasteiger partial charge in [-0.2, -0.15) is 5.10 Å². The highest BCUT2D eigenvalue weighted by Crippen LogP contribution is 2.31. The zero-order valence-corrected chi connectivity index (χ0v) is 13.2. The molecule has 0 radical (unpaired) electrons. The van der Waals surface area contributed by atoms with Gasteiger partial charge in [-0.3, -0.25) is 4.79 Å². The molecule has 24 heavy (non-hydrogen) atoms. The number of aldehydes is 1. The van der Waals surface area contributed by atoms with Crippen molar-refractivity contribution in [2.24, 2.45) is 0 Å². The Balaban J connectivity index is 1.86. The third-order valence-electron chi connectivity index (χ3n) is 4.16. The van der Waals surface area contributed by atoms with Gasteiger partial charge in [0.05, 0.1) is 11.9 Å². The summed E-state index contributed by atoms with van der Waals surface area (Å²) in [6, 6.07) is 20.0. The van der Waals surface area contributed by atoms with E-state index in [1.54, 1.807) is 16.6 Å². The van der Waals surface area contributed by atoms with Gasteiger partial charge in [-0.1, -0.05) is 48.5 Å². The summed E-state index contributed by atoms with van der Waals surface area (Å²) < 4.78 is 1.65. The number of carbonyl (C=O) groups excluding carboxylic acids is 1. The molecule has 4 aromatic rings. The molecule has 0 aliphatic heterocycles. The zero-order valence-electron chi connectivity index (χ0n) is 13.2. The predicted octanol–water partition coefficient (Wildman–Crippen LogP) is 4.18. The maximum absolute atomic E-state index is 10.9. The fourth-order valence-electron chi connectivity index (χ4n) is 2.93. The van der Waals surface area contributed by atoms with Gasteiger partial charge in [0.15, 0.2) is 11.9 Å². The molecule has 0 amide bonds. The van der Waals surface area contributed by atoms with Crippen LogP contribution < -0.4 is 0 Å². The largest absolute Gasteiger partial charge is 0.296 e. The lowest BCUT2D eigenvalue weighted by molar-refractivity contribution is 0.111. The van der Waals surface area contributed by atoms with Crippen LogP contribution in [0.15, 0.2) is 66.9 Å². The van der Waals surface area contributed by atoms with Crippen LogP contribution in [-0.4, -0.2) is 20.9 Å². The lowest BCUT2D eigenvalue weighted by Crippen LogP contribution is -1.94. The van der Waals surface area contributed by atoms with Crippen molar-refractivity contribution in [1.29, 1.82) is 0 Å². The van der Waals surface area contributed by atoms with Crippen molar-refractivity contribution in [2.75, 3.05) is 0 Å². The Bertz CT molecular complexity index is 1040. The third-order valence-corrected chi connectivity index (χ3v) is 4.16. The molecule has 0 spiro atoms. The molecular formula is C20H15N3O. The van der Waals surface area contributed by atoms with E-state index in [1.165, 1.54) is 16.7 Å². The Hall–Kier alpha value is -3.27. The molecule has 0 aliphatic rings. The van der Waals surface area contributed by atoms with Gasteiger partial charge in [0.25, 0.3) is 0 Å². The van der Waals surface area contributed by atoms with E-state index in [-0.39, 0.29) is 0 Å². The maximum atomic E-state index is 10.9. The summed E-state index contributed by atoms with van der Waals surface area (Å²) in [5.41, 5.74) is 6.56. The van der Waals surface area contributed by atoms with Gasteiger partial charge in [0.2, 0.25) is 0 Å². The van der Waals surface area contributed by atoms with Gasteiger partial charge in [-0.05, 0) is 35.7 Å². The van der Waals surface area contributed by atoms with Gasteiger partial charge < -0.3 is 0 Å². The van der Waals surface area contributed by atoms with Gasteiger partial charge in [-0.25, -0.2) is 9.50 Å². The molecule has 0 N–H and O–H groups in total. The Morgan fingerprint density at radius 3 is 2.50 bits per heavy atom. The Morgan fingerprint density at radius 2 is 1.71 bits per heavy atom. The van der Waals surface area contributed by atoms with E-state index in [1.807, 2.05) is 30.5 Å². The molecule has 2 aromatic heterocycles. The van der Waals surface area contributed by atoms with E-state index in [0.717, 1.165) is 23.2 Å². The summed E-state index contributed by atoms with van der Waals surface area (Å²) in [6.07, 6.45) is 2.60. The van der Waals surface area contributed by atoms with Crippen molar-refractivity contribution >= 4 is 11.9 Å². The van der Waals surface area contributed by atoms with Gasteiger partial charge >= 0.3 is 0 Å². The summed E-state index contributed by atoms with van der Waals surface area (Å²) in [7, 11) is 0. The average molecular weight is 313 g/mol. The van der Waals surface area contributed by atoms with Crippen LogP contribution in [0.1, 0.15) is 16.1 Å². The standard InChI is InChI=1S/C20H15N3O/c1-14-17(15-6-3-2-4-7-15)8-5-9-18(14)19-12-23-20(21-19)11-10-16(13-24)22-23/h2-13H,1H3. The van der Waals surface area contributed by atoms with E-state index in [9.17, 15) is 4.79 Å². The molecule has 0 atom stereocenters. The van der Waals surface area contributed by atoms with Crippen molar-refractivity contribution in [3.05, 3.63) is 78.1 Å². The van der Waals surface area contributed by atoms with Crippen molar-refractivity contribution in [3.8, 4) is 22.4 Å². The van der Waals surface area contributed by atoms with Crippen LogP contribution in [0.2, 0.25) is 0 Å². The SMILES string of the molecule is Cc1c(-c2ccccc2)cccc1-c1cn2nc(C=O)ccc2n1. The van der Waals surface area contributed by atoms with Crippen LogP contribution in [0.5, 0.6) is 0 Å². The van der Waals surface area contributed by atoms with Crippen LogP contribution in [0.25, 0.3) is 28.0 Å². The quantitative estimate of drug-likeness (QED) is 0.533. The highest BCUT2D eigenvalue weighted by molar-refractivity contribution is 5.77. The van der Waals surface area contributed by atoms with Crippen LogP contribution in [-0.2, 0) is 0 Å². The second kappa shape index (κ2) is 5.74. The average Bonchev–Trinajstić information content (AvgIpc) is 3.05. The molecule has 0 fully saturated rings. The first-order valence-electron chi connectivity index (χ1n) is 7.73. The van der Waals surface area contributed by atoms with Crippen LogP contribution in [0.4, 0.5) is 0 Å². The number of fused-ring (bicyclic) bond motifs is 1. The van der Waals surface area contributed by atoms with Crippen LogP contribution >= 0.6 is 0 Å². The molecule has 4 nitrogen and oxygen atoms in total. The van der Waals surface area contributed by atoms with Gasteiger partial charge in [-0.15, -0.1) is 0 Å². The van der Waals surface area contributed by atoms with E-state index in [4.69, 9.17) is 0 Å². The van der Waals surface area contributed by atoms with Crippen LogP contribution in [0, 0.1) is 6.92 Å². The molecule has 4 heteroatoms. The van der Waals surface area contributed by atoms with E-state index in [2.05, 4.69) is 41.3 Å². The molecule has 4 rings (SSSR count). The van der Waals surface area contributed by atoms with Crippen molar-refractivity contribution in [3.63, 3.8) is 0 Å². The molecule has 0 saturated heterocycles. The lowest BCUT2D eigenvalue weighted by atomic mass is 9.95. The molecule has 0 aliphatic carbocycles. The highest BCUT2D eigenvalue weighted by Gasteiger charge is 2.11. The normalized spacial score (nSPS) is 10.9. The van der Waals surface area contributed by atoms with E-state index < -0.39 is 0 Å². The number of carbonyl (C=O) groups is 1. The Labute approximate surface area is 139 Å². The zero-order chi connectivity index (χ0) is 16.5. The summed E-state index contributed by atoms with van der Waals surface area (Å²) in [5.74, 6) is 0. The summed E-state index contributed by atoms with van der Waals surface area (Å²) >= 11 is 0.